The zero-order valence-electron chi connectivity index (χ0n) is 12.0. The lowest BCUT2D eigenvalue weighted by Crippen LogP contribution is -2.36. The molecule has 120 valence electrons. The van der Waals surface area contributed by atoms with E-state index in [2.05, 4.69) is 5.32 Å². The maximum absolute atomic E-state index is 12.7. The second-order valence-corrected chi connectivity index (χ2v) is 4.98. The number of aliphatic carboxylic acids is 1. The minimum atomic E-state index is -1.04. The van der Waals surface area contributed by atoms with Crippen molar-refractivity contribution in [3.8, 4) is 5.75 Å². The zero-order valence-corrected chi connectivity index (χ0v) is 12.0. The Morgan fingerprint density at radius 1 is 1.27 bits per heavy atom. The number of rotatable bonds is 7. The molecular formula is C15H18FNO5. The monoisotopic (exact) mass is 311 g/mol. The summed E-state index contributed by atoms with van der Waals surface area (Å²) in [5, 5.41) is 11.5. The molecule has 1 heterocycles. The number of carboxylic acids is 1. The Balaban J connectivity index is 1.59. The molecular weight excluding hydrogens is 293 g/mol. The Bertz CT molecular complexity index is 519. The number of ether oxygens (including phenoxy) is 2. The fourth-order valence-electron chi connectivity index (χ4n) is 2.13. The first-order valence-corrected chi connectivity index (χ1v) is 7.10. The van der Waals surface area contributed by atoms with Crippen LogP contribution in [0.4, 0.5) is 4.39 Å². The molecule has 1 fully saturated rings. The summed E-state index contributed by atoms with van der Waals surface area (Å²) in [5.74, 6) is -1.10. The Labute approximate surface area is 127 Å². The summed E-state index contributed by atoms with van der Waals surface area (Å²) in [6.07, 6.45) is -0.245. The average Bonchev–Trinajstić information content (AvgIpc) is 2.99. The molecule has 1 amide bonds. The molecule has 2 N–H and O–H groups in total. The Hall–Kier alpha value is -2.15. The number of carbonyl (C=O) groups excluding carboxylic acids is 1. The number of amides is 1. The summed E-state index contributed by atoms with van der Waals surface area (Å²) >= 11 is 0. The highest BCUT2D eigenvalue weighted by Crippen LogP contribution is 2.19. The molecule has 0 aromatic heterocycles. The van der Waals surface area contributed by atoms with Gasteiger partial charge in [-0.15, -0.1) is 0 Å². The normalized spacial score (nSPS) is 20.6. The van der Waals surface area contributed by atoms with Gasteiger partial charge in [-0.05, 0) is 43.5 Å². The second-order valence-electron chi connectivity index (χ2n) is 4.98. The lowest BCUT2D eigenvalue weighted by Gasteiger charge is -2.12. The minimum absolute atomic E-state index is 0.300. The van der Waals surface area contributed by atoms with Crippen molar-refractivity contribution in [3.63, 3.8) is 0 Å². The number of hydrogen-bond donors (Lipinski definition) is 2. The number of nitrogens with one attached hydrogen (secondary N) is 1. The Morgan fingerprint density at radius 3 is 2.59 bits per heavy atom. The van der Waals surface area contributed by atoms with Crippen molar-refractivity contribution >= 4 is 11.9 Å². The van der Waals surface area contributed by atoms with E-state index in [4.69, 9.17) is 14.6 Å². The van der Waals surface area contributed by atoms with E-state index in [1.54, 1.807) is 0 Å². The smallest absolute Gasteiger partial charge is 0.332 e. The van der Waals surface area contributed by atoms with Crippen LogP contribution in [0.25, 0.3) is 0 Å². The van der Waals surface area contributed by atoms with Crippen molar-refractivity contribution in [2.75, 3.05) is 13.2 Å². The molecule has 1 aliphatic heterocycles. The van der Waals surface area contributed by atoms with E-state index >= 15 is 0 Å². The van der Waals surface area contributed by atoms with Gasteiger partial charge in [0.15, 0.2) is 6.10 Å². The van der Waals surface area contributed by atoms with Crippen molar-refractivity contribution < 1.29 is 28.6 Å². The number of carbonyl (C=O) groups is 2. The highest BCUT2D eigenvalue weighted by Gasteiger charge is 2.34. The maximum atomic E-state index is 12.7. The van der Waals surface area contributed by atoms with Gasteiger partial charge in [0.2, 0.25) is 5.91 Å². The number of benzene rings is 1. The molecule has 2 rings (SSSR count). The molecule has 2 atom stereocenters. The standard InChI is InChI=1S/C15H18FNO5/c16-10-2-4-11(5-3-10)21-9-1-8-17-14(18)12-6-7-13(22-12)15(19)20/h2-5,12-13H,1,6-9H2,(H,17,18)(H,19,20)/t12-,13+/m0/s1. The van der Waals surface area contributed by atoms with E-state index in [0.29, 0.717) is 38.2 Å². The first-order chi connectivity index (χ1) is 10.6. The molecule has 0 spiro atoms. The van der Waals surface area contributed by atoms with Gasteiger partial charge >= 0.3 is 5.97 Å². The van der Waals surface area contributed by atoms with E-state index in [0.717, 1.165) is 0 Å². The Morgan fingerprint density at radius 2 is 1.95 bits per heavy atom. The van der Waals surface area contributed by atoms with Crippen LogP contribution >= 0.6 is 0 Å². The number of hydrogen-bond acceptors (Lipinski definition) is 4. The van der Waals surface area contributed by atoms with Crippen LogP contribution in [-0.2, 0) is 14.3 Å². The van der Waals surface area contributed by atoms with Crippen LogP contribution in [0.3, 0.4) is 0 Å². The van der Waals surface area contributed by atoms with Crippen LogP contribution in [0, 0.1) is 5.82 Å². The lowest BCUT2D eigenvalue weighted by molar-refractivity contribution is -0.151. The van der Waals surface area contributed by atoms with Crippen molar-refractivity contribution in [1.82, 2.24) is 5.32 Å². The van der Waals surface area contributed by atoms with Crippen LogP contribution in [-0.4, -0.2) is 42.3 Å². The van der Waals surface area contributed by atoms with E-state index in [9.17, 15) is 14.0 Å². The SMILES string of the molecule is O=C(NCCCOc1ccc(F)cc1)[C@@H]1CC[C@H](C(=O)O)O1. The number of halogens is 1. The van der Waals surface area contributed by atoms with Crippen molar-refractivity contribution in [2.45, 2.75) is 31.5 Å². The second kappa shape index (κ2) is 7.74. The zero-order chi connectivity index (χ0) is 15.9. The molecule has 0 unspecified atom stereocenters. The number of carboxylic acid groups (broad SMARTS) is 1. The summed E-state index contributed by atoms with van der Waals surface area (Å²) in [6.45, 7) is 0.785. The average molecular weight is 311 g/mol. The summed E-state index contributed by atoms with van der Waals surface area (Å²) in [5.41, 5.74) is 0. The topological polar surface area (TPSA) is 84.9 Å². The minimum Gasteiger partial charge on any atom is -0.494 e. The van der Waals surface area contributed by atoms with E-state index < -0.39 is 18.2 Å². The highest BCUT2D eigenvalue weighted by atomic mass is 19.1. The molecule has 0 aliphatic carbocycles. The van der Waals surface area contributed by atoms with Gasteiger partial charge in [0.25, 0.3) is 0 Å². The van der Waals surface area contributed by atoms with Crippen LogP contribution in [0.5, 0.6) is 5.75 Å². The molecule has 22 heavy (non-hydrogen) atoms. The molecule has 7 heteroatoms. The van der Waals surface area contributed by atoms with Gasteiger partial charge in [-0.2, -0.15) is 0 Å². The van der Waals surface area contributed by atoms with Crippen molar-refractivity contribution in [3.05, 3.63) is 30.1 Å². The summed E-state index contributed by atoms with van der Waals surface area (Å²) in [6, 6.07) is 5.69. The van der Waals surface area contributed by atoms with Gasteiger partial charge in [0.05, 0.1) is 6.61 Å². The third-order valence-corrected chi connectivity index (χ3v) is 3.29. The van der Waals surface area contributed by atoms with E-state index in [1.807, 2.05) is 0 Å². The quantitative estimate of drug-likeness (QED) is 0.742. The predicted molar refractivity (Wildman–Crippen MR) is 75.1 cm³/mol. The predicted octanol–water partition coefficient (Wildman–Crippen LogP) is 1.34. The lowest BCUT2D eigenvalue weighted by atomic mass is 10.2. The first-order valence-electron chi connectivity index (χ1n) is 7.10. The molecule has 0 radical (unpaired) electrons. The summed E-state index contributed by atoms with van der Waals surface area (Å²) in [7, 11) is 0. The Kier molecular flexibility index (Phi) is 5.71. The van der Waals surface area contributed by atoms with Crippen LogP contribution < -0.4 is 10.1 Å². The maximum Gasteiger partial charge on any atom is 0.332 e. The first kappa shape index (κ1) is 16.2. The fourth-order valence-corrected chi connectivity index (χ4v) is 2.13. The fraction of sp³-hybridized carbons (Fsp3) is 0.467. The molecule has 6 nitrogen and oxygen atoms in total. The molecule has 0 saturated carbocycles. The van der Waals surface area contributed by atoms with Crippen molar-refractivity contribution in [2.24, 2.45) is 0 Å². The van der Waals surface area contributed by atoms with Crippen LogP contribution in [0.2, 0.25) is 0 Å². The van der Waals surface area contributed by atoms with Gasteiger partial charge in [-0.25, -0.2) is 9.18 Å². The largest absolute Gasteiger partial charge is 0.494 e. The summed E-state index contributed by atoms with van der Waals surface area (Å²) in [4.78, 5) is 22.5. The van der Waals surface area contributed by atoms with Crippen LogP contribution in [0.15, 0.2) is 24.3 Å². The van der Waals surface area contributed by atoms with Gasteiger partial charge in [-0.3, -0.25) is 4.79 Å². The van der Waals surface area contributed by atoms with Crippen molar-refractivity contribution in [1.29, 1.82) is 0 Å². The third-order valence-electron chi connectivity index (χ3n) is 3.29. The van der Waals surface area contributed by atoms with Gasteiger partial charge in [0.1, 0.15) is 17.7 Å². The molecule has 1 aromatic rings. The highest BCUT2D eigenvalue weighted by molar-refractivity contribution is 5.82. The van der Waals surface area contributed by atoms with Crippen LogP contribution in [0.1, 0.15) is 19.3 Å². The third kappa shape index (κ3) is 4.70. The van der Waals surface area contributed by atoms with Gasteiger partial charge in [0, 0.05) is 6.54 Å². The summed E-state index contributed by atoms with van der Waals surface area (Å²) < 4.78 is 23.2. The molecule has 0 bridgehead atoms. The molecule has 1 saturated heterocycles. The van der Waals surface area contributed by atoms with Gasteiger partial charge in [-0.1, -0.05) is 0 Å². The van der Waals surface area contributed by atoms with E-state index in [-0.39, 0.29) is 11.7 Å². The molecule has 1 aromatic carbocycles. The van der Waals surface area contributed by atoms with E-state index in [1.165, 1.54) is 24.3 Å². The van der Waals surface area contributed by atoms with Gasteiger partial charge < -0.3 is 19.9 Å². The molecule has 1 aliphatic rings.